The lowest BCUT2D eigenvalue weighted by molar-refractivity contribution is -0.149. The van der Waals surface area contributed by atoms with Crippen molar-refractivity contribution in [3.8, 4) is 0 Å². The minimum Gasteiger partial charge on any atom is -0.455 e. The van der Waals surface area contributed by atoms with E-state index in [1.54, 1.807) is 48.5 Å². The molecule has 0 saturated heterocycles. The first-order chi connectivity index (χ1) is 11.9. The van der Waals surface area contributed by atoms with Crippen molar-refractivity contribution in [2.75, 3.05) is 11.9 Å². The maximum absolute atomic E-state index is 12.4. The van der Waals surface area contributed by atoms with Gasteiger partial charge in [-0.25, -0.2) is 0 Å². The number of esters is 1. The van der Waals surface area contributed by atoms with Crippen molar-refractivity contribution in [2.24, 2.45) is 5.92 Å². The third-order valence-electron chi connectivity index (χ3n) is 3.64. The van der Waals surface area contributed by atoms with Gasteiger partial charge in [0, 0.05) is 5.02 Å². The smallest absolute Gasteiger partial charge is 0.314 e. The second-order valence-corrected chi connectivity index (χ2v) is 6.75. The molecule has 6 heteroatoms. The molecule has 1 atom stereocenters. The minimum absolute atomic E-state index is 0.0142. The second kappa shape index (κ2) is 8.88. The first kappa shape index (κ1) is 19.3. The summed E-state index contributed by atoms with van der Waals surface area (Å²) in [5.41, 5.74) is 1.28. The van der Waals surface area contributed by atoms with Gasteiger partial charge in [-0.3, -0.25) is 9.59 Å². The summed E-state index contributed by atoms with van der Waals surface area (Å²) in [6.07, 6.45) is 0. The van der Waals surface area contributed by atoms with Crippen molar-refractivity contribution in [1.29, 1.82) is 0 Å². The van der Waals surface area contributed by atoms with E-state index in [2.05, 4.69) is 5.32 Å². The zero-order valence-corrected chi connectivity index (χ0v) is 15.5. The van der Waals surface area contributed by atoms with Gasteiger partial charge in [-0.05, 0) is 35.7 Å². The van der Waals surface area contributed by atoms with Crippen LogP contribution in [0.4, 0.5) is 5.69 Å². The number of hydrogen-bond acceptors (Lipinski definition) is 3. The van der Waals surface area contributed by atoms with Gasteiger partial charge in [0.15, 0.2) is 6.61 Å². The SMILES string of the molecule is CC(C)[C@@H](C(=O)OCC(=O)Nc1ccccc1Cl)c1ccc(Cl)cc1. The highest BCUT2D eigenvalue weighted by molar-refractivity contribution is 6.33. The average molecular weight is 380 g/mol. The zero-order chi connectivity index (χ0) is 18.4. The lowest BCUT2D eigenvalue weighted by Crippen LogP contribution is -2.26. The summed E-state index contributed by atoms with van der Waals surface area (Å²) >= 11 is 11.9. The number of carbonyl (C=O) groups is 2. The Hall–Kier alpha value is -2.04. The average Bonchev–Trinajstić information content (AvgIpc) is 2.57. The van der Waals surface area contributed by atoms with Crippen molar-refractivity contribution in [1.82, 2.24) is 0 Å². The fraction of sp³-hybridized carbons (Fsp3) is 0.263. The molecule has 2 rings (SSSR count). The van der Waals surface area contributed by atoms with Crippen LogP contribution in [0.3, 0.4) is 0 Å². The Labute approximate surface area is 157 Å². The topological polar surface area (TPSA) is 55.4 Å². The van der Waals surface area contributed by atoms with Crippen LogP contribution in [0.25, 0.3) is 0 Å². The van der Waals surface area contributed by atoms with Gasteiger partial charge in [0.05, 0.1) is 16.6 Å². The number of rotatable bonds is 6. The van der Waals surface area contributed by atoms with Gasteiger partial charge in [0.1, 0.15) is 0 Å². The lowest BCUT2D eigenvalue weighted by atomic mass is 9.88. The number of ether oxygens (including phenoxy) is 1. The van der Waals surface area contributed by atoms with Crippen molar-refractivity contribution in [2.45, 2.75) is 19.8 Å². The molecule has 0 radical (unpaired) electrons. The molecule has 0 aliphatic rings. The molecular formula is C19H19Cl2NO3. The van der Waals surface area contributed by atoms with E-state index in [4.69, 9.17) is 27.9 Å². The van der Waals surface area contributed by atoms with E-state index in [0.29, 0.717) is 15.7 Å². The molecule has 4 nitrogen and oxygen atoms in total. The highest BCUT2D eigenvalue weighted by Crippen LogP contribution is 2.27. The fourth-order valence-corrected chi connectivity index (χ4v) is 2.75. The molecule has 0 unspecified atom stereocenters. The van der Waals surface area contributed by atoms with Crippen LogP contribution in [-0.4, -0.2) is 18.5 Å². The first-order valence-corrected chi connectivity index (χ1v) is 8.60. The van der Waals surface area contributed by atoms with Crippen LogP contribution in [0, 0.1) is 5.92 Å². The van der Waals surface area contributed by atoms with Gasteiger partial charge in [0.25, 0.3) is 5.91 Å². The Bertz CT molecular complexity index is 745. The van der Waals surface area contributed by atoms with Gasteiger partial charge in [-0.15, -0.1) is 0 Å². The van der Waals surface area contributed by atoms with Gasteiger partial charge in [-0.1, -0.05) is 61.3 Å². The molecular weight excluding hydrogens is 361 g/mol. The van der Waals surface area contributed by atoms with Crippen LogP contribution in [-0.2, 0) is 14.3 Å². The molecule has 0 heterocycles. The fourth-order valence-electron chi connectivity index (χ4n) is 2.44. The van der Waals surface area contributed by atoms with Crippen LogP contribution in [0.1, 0.15) is 25.3 Å². The molecule has 2 aromatic carbocycles. The predicted octanol–water partition coefficient (Wildman–Crippen LogP) is 4.91. The molecule has 1 amide bonds. The van der Waals surface area contributed by atoms with Crippen LogP contribution in [0.5, 0.6) is 0 Å². The maximum Gasteiger partial charge on any atom is 0.314 e. The monoisotopic (exact) mass is 379 g/mol. The predicted molar refractivity (Wildman–Crippen MR) is 100 cm³/mol. The number of para-hydroxylation sites is 1. The van der Waals surface area contributed by atoms with Gasteiger partial charge in [-0.2, -0.15) is 0 Å². The summed E-state index contributed by atoms with van der Waals surface area (Å²) < 4.78 is 5.20. The Morgan fingerprint density at radius 1 is 1.04 bits per heavy atom. The highest BCUT2D eigenvalue weighted by atomic mass is 35.5. The largest absolute Gasteiger partial charge is 0.455 e. The molecule has 2 aromatic rings. The van der Waals surface area contributed by atoms with Crippen molar-refractivity contribution >= 4 is 40.8 Å². The third-order valence-corrected chi connectivity index (χ3v) is 4.22. The number of amides is 1. The van der Waals surface area contributed by atoms with E-state index in [1.807, 2.05) is 13.8 Å². The van der Waals surface area contributed by atoms with Crippen LogP contribution in [0.15, 0.2) is 48.5 Å². The number of anilines is 1. The number of benzene rings is 2. The third kappa shape index (κ3) is 5.48. The summed E-state index contributed by atoms with van der Waals surface area (Å²) in [6.45, 7) is 3.47. The standard InChI is InChI=1S/C19H19Cl2NO3/c1-12(2)18(13-7-9-14(20)10-8-13)19(24)25-11-17(23)22-16-6-4-3-5-15(16)21/h3-10,12,18H,11H2,1-2H3,(H,22,23)/t18-/m1/s1. The Morgan fingerprint density at radius 2 is 1.68 bits per heavy atom. The van der Waals surface area contributed by atoms with E-state index in [1.165, 1.54) is 0 Å². The lowest BCUT2D eigenvalue weighted by Gasteiger charge is -2.20. The van der Waals surface area contributed by atoms with E-state index in [0.717, 1.165) is 5.56 Å². The Morgan fingerprint density at radius 3 is 2.28 bits per heavy atom. The van der Waals surface area contributed by atoms with E-state index >= 15 is 0 Å². The second-order valence-electron chi connectivity index (χ2n) is 5.91. The summed E-state index contributed by atoms with van der Waals surface area (Å²) in [6, 6.07) is 13.9. The molecule has 132 valence electrons. The van der Waals surface area contributed by atoms with E-state index in [-0.39, 0.29) is 12.5 Å². The summed E-state index contributed by atoms with van der Waals surface area (Å²) in [5.74, 6) is -1.35. The summed E-state index contributed by atoms with van der Waals surface area (Å²) in [5, 5.41) is 3.63. The summed E-state index contributed by atoms with van der Waals surface area (Å²) in [7, 11) is 0. The highest BCUT2D eigenvalue weighted by Gasteiger charge is 2.26. The van der Waals surface area contributed by atoms with Crippen LogP contribution < -0.4 is 5.32 Å². The van der Waals surface area contributed by atoms with Crippen molar-refractivity contribution in [3.05, 3.63) is 64.1 Å². The molecule has 25 heavy (non-hydrogen) atoms. The molecule has 0 aliphatic carbocycles. The molecule has 0 aliphatic heterocycles. The van der Waals surface area contributed by atoms with Gasteiger partial charge < -0.3 is 10.1 Å². The number of nitrogens with one attached hydrogen (secondary N) is 1. The van der Waals surface area contributed by atoms with E-state index in [9.17, 15) is 9.59 Å². The Balaban J connectivity index is 1.98. The normalized spacial score (nSPS) is 11.9. The van der Waals surface area contributed by atoms with Crippen LogP contribution >= 0.6 is 23.2 Å². The van der Waals surface area contributed by atoms with Crippen LogP contribution in [0.2, 0.25) is 10.0 Å². The van der Waals surface area contributed by atoms with Gasteiger partial charge >= 0.3 is 5.97 Å². The Kier molecular flexibility index (Phi) is 6.85. The molecule has 1 N–H and O–H groups in total. The van der Waals surface area contributed by atoms with Crippen molar-refractivity contribution in [3.63, 3.8) is 0 Å². The van der Waals surface area contributed by atoms with Gasteiger partial charge in [0.2, 0.25) is 0 Å². The number of carbonyl (C=O) groups excluding carboxylic acids is 2. The molecule has 0 bridgehead atoms. The molecule has 0 saturated carbocycles. The van der Waals surface area contributed by atoms with E-state index < -0.39 is 17.8 Å². The van der Waals surface area contributed by atoms with Crippen molar-refractivity contribution < 1.29 is 14.3 Å². The minimum atomic E-state index is -0.467. The summed E-state index contributed by atoms with van der Waals surface area (Å²) in [4.78, 5) is 24.4. The number of hydrogen-bond donors (Lipinski definition) is 1. The zero-order valence-electron chi connectivity index (χ0n) is 14.0. The molecule has 0 aromatic heterocycles. The molecule has 0 spiro atoms. The number of halogens is 2. The quantitative estimate of drug-likeness (QED) is 0.724. The first-order valence-electron chi connectivity index (χ1n) is 7.85. The molecule has 0 fully saturated rings. The maximum atomic E-state index is 12.4.